The van der Waals surface area contributed by atoms with Crippen molar-refractivity contribution in [1.82, 2.24) is 91.4 Å². The van der Waals surface area contributed by atoms with E-state index in [1.54, 1.807) is 24.8 Å². The highest BCUT2D eigenvalue weighted by Gasteiger charge is 2.22. The average Bonchev–Trinajstić information content (AvgIpc) is 1.67. The van der Waals surface area contributed by atoms with Gasteiger partial charge in [0.15, 0.2) is 51.0 Å². The number of fused-ring (bicyclic) bond motifs is 10. The molecule has 0 aliphatic rings. The number of rotatable bonds is 25. The molecule has 5 unspecified atom stereocenters. The Hall–Kier alpha value is -14.4. The molecule has 20 rings (SSSR count). The lowest BCUT2D eigenvalue weighted by Crippen LogP contribution is -1.94. The number of aromatic nitrogens is 18. The van der Waals surface area contributed by atoms with Crippen molar-refractivity contribution in [3.63, 3.8) is 0 Å². The van der Waals surface area contributed by atoms with Crippen LogP contribution in [0.5, 0.6) is 0 Å². The number of hydrogen-bond donors (Lipinski definition) is 10. The topological polar surface area (TPSA) is 372 Å². The van der Waals surface area contributed by atoms with E-state index in [0.29, 0.717) is 69.1 Å². The van der Waals surface area contributed by atoms with E-state index in [1.165, 1.54) is 53.6 Å². The summed E-state index contributed by atoms with van der Waals surface area (Å²) in [4.78, 5) is 21.0. The monoisotopic (exact) mass is 1620 g/mol. The SMILES string of the molecule is CCCC(C)c1coc2cc(Nc3[nH]nc4ncccc34)ccc12.CCCC(C)c1coc2cc(Nc3n[nH]c4cccnc34)ccc12.CCCC(C)c1noc2cc(Nc3[nH]nc4ncc(F)cc34)ccc12.CCCC(C)c1noc2cc(Nc3[nH]nc4nccnc34)ccc12.CCCC(C)c1noc2cc(Nc3n[nH]c4ccccc34)ccc12. The predicted molar refractivity (Wildman–Crippen MR) is 477 cm³/mol. The van der Waals surface area contributed by atoms with Gasteiger partial charge in [0, 0.05) is 145 Å². The van der Waals surface area contributed by atoms with Crippen molar-refractivity contribution in [3.8, 4) is 0 Å². The Bertz CT molecular complexity index is 6230. The molecule has 29 heteroatoms. The maximum atomic E-state index is 13.4. The van der Waals surface area contributed by atoms with Gasteiger partial charge in [0.2, 0.25) is 5.65 Å². The third-order valence-electron chi connectivity index (χ3n) is 21.8. The lowest BCUT2D eigenvalue weighted by molar-refractivity contribution is 0.435. The first-order valence-electron chi connectivity index (χ1n) is 41.4. The maximum Gasteiger partial charge on any atom is 0.201 e. The molecule has 616 valence electrons. The van der Waals surface area contributed by atoms with E-state index >= 15 is 0 Å². The minimum atomic E-state index is -0.405. The number of benzene rings is 6. The standard InChI is InChI=1S/3C19H20N4O.C18H18FN5O.C17H18N6O/c1-3-6-12(2)18-15-10-9-13(11-17(15)24-23-18)20-19-14-7-4-5-8-16(14)21-22-19;1-3-5-12(2)15-11-24-17-10-13(7-8-14(15)17)21-19-18-16(22-23-19)6-4-9-20-18;1-3-5-12(2)16-11-24-17-10-13(7-8-14(16)17)21-19-15-6-4-9-20-18(15)22-23-19;1-3-4-10(2)16-13-6-5-12(8-15(13)25-24-16)21-18-14-7-11(19)9-20-17(14)22-23-18;1-3-4-10(2)14-12-6-5-11(9-13(12)24-23-14)20-17-15-16(21-22-17)19-8-7-18-15/h4-5,7-12H,3,6H2,1-2H3,(H2,20,21,22);4,6-12H,3,5H2,1-2H3,(H2,21,22,23);4,6-12H,3,5H2,1-2H3,(H2,20,21,22,23);5-10H,3-4H2,1-2H3,(H2,20,21,22,23);5-10H,3-4H2,1-2H3,(H2,19,20,21,22). The van der Waals surface area contributed by atoms with Crippen molar-refractivity contribution < 1.29 is 26.8 Å². The zero-order chi connectivity index (χ0) is 83.5. The van der Waals surface area contributed by atoms with Gasteiger partial charge < -0.3 is 49.0 Å². The summed E-state index contributed by atoms with van der Waals surface area (Å²) in [6, 6.07) is 47.5. The van der Waals surface area contributed by atoms with Crippen molar-refractivity contribution >= 4 is 168 Å². The molecule has 0 bridgehead atoms. The van der Waals surface area contributed by atoms with Gasteiger partial charge in [0.1, 0.15) is 34.1 Å². The minimum Gasteiger partial charge on any atom is -0.464 e. The fourth-order valence-corrected chi connectivity index (χ4v) is 15.5. The van der Waals surface area contributed by atoms with E-state index in [0.717, 1.165) is 179 Å². The molecular weight excluding hydrogens is 1530 g/mol. The highest BCUT2D eigenvalue weighted by Crippen LogP contribution is 2.39. The highest BCUT2D eigenvalue weighted by molar-refractivity contribution is 5.96. The van der Waals surface area contributed by atoms with Gasteiger partial charge in [-0.05, 0) is 147 Å². The molecule has 20 aromatic rings. The molecule has 14 heterocycles. The van der Waals surface area contributed by atoms with Crippen LogP contribution in [0.3, 0.4) is 0 Å². The van der Waals surface area contributed by atoms with Gasteiger partial charge in [0.25, 0.3) is 0 Å². The molecule has 0 aliphatic carbocycles. The Kier molecular flexibility index (Phi) is 24.4. The number of H-pyrrole nitrogens is 5. The summed E-state index contributed by atoms with van der Waals surface area (Å²) in [5.74, 6) is 5.42. The number of pyridine rings is 3. The van der Waals surface area contributed by atoms with Crippen LogP contribution >= 0.6 is 0 Å². The third kappa shape index (κ3) is 17.8. The van der Waals surface area contributed by atoms with Gasteiger partial charge in [-0.15, -0.1) is 0 Å². The Morgan fingerprint density at radius 3 is 1.30 bits per heavy atom. The van der Waals surface area contributed by atoms with E-state index < -0.39 is 5.82 Å². The molecule has 0 radical (unpaired) electrons. The Morgan fingerprint density at radius 1 is 0.331 bits per heavy atom. The lowest BCUT2D eigenvalue weighted by atomic mass is 9.96. The van der Waals surface area contributed by atoms with Crippen molar-refractivity contribution in [1.29, 1.82) is 0 Å². The maximum absolute atomic E-state index is 13.4. The molecule has 121 heavy (non-hydrogen) atoms. The van der Waals surface area contributed by atoms with Crippen LogP contribution < -0.4 is 26.6 Å². The molecular formula is C92H96FN23O5. The van der Waals surface area contributed by atoms with Crippen LogP contribution in [0.15, 0.2) is 212 Å². The molecule has 0 saturated carbocycles. The van der Waals surface area contributed by atoms with Crippen molar-refractivity contribution in [2.24, 2.45) is 0 Å². The second-order valence-corrected chi connectivity index (χ2v) is 30.7. The molecule has 0 spiro atoms. The first-order valence-corrected chi connectivity index (χ1v) is 41.4. The fourth-order valence-electron chi connectivity index (χ4n) is 15.5. The zero-order valence-corrected chi connectivity index (χ0v) is 69.1. The van der Waals surface area contributed by atoms with Gasteiger partial charge in [-0.25, -0.2) is 24.3 Å². The number of anilines is 10. The van der Waals surface area contributed by atoms with Gasteiger partial charge in [0.05, 0.1) is 57.6 Å². The molecule has 10 N–H and O–H groups in total. The first-order chi connectivity index (χ1) is 59.2. The van der Waals surface area contributed by atoms with Crippen molar-refractivity contribution in [2.75, 3.05) is 26.6 Å². The summed E-state index contributed by atoms with van der Waals surface area (Å²) in [5, 5.41) is 73.3. The van der Waals surface area contributed by atoms with Gasteiger partial charge in [-0.3, -0.25) is 30.5 Å². The van der Waals surface area contributed by atoms with Crippen LogP contribution in [0.25, 0.3) is 110 Å². The summed E-state index contributed by atoms with van der Waals surface area (Å²) in [6.45, 7) is 22.0. The predicted octanol–water partition coefficient (Wildman–Crippen LogP) is 25.1. The molecule has 0 saturated heterocycles. The van der Waals surface area contributed by atoms with E-state index in [9.17, 15) is 4.39 Å². The Balaban J connectivity index is 0.000000112. The van der Waals surface area contributed by atoms with Gasteiger partial charge in [-0.2, -0.15) is 25.5 Å². The third-order valence-corrected chi connectivity index (χ3v) is 21.8. The molecule has 0 amide bonds. The Labute approximate surface area is 694 Å². The number of nitrogens with one attached hydrogen (secondary N) is 10. The van der Waals surface area contributed by atoms with E-state index in [-0.39, 0.29) is 0 Å². The highest BCUT2D eigenvalue weighted by atomic mass is 19.1. The summed E-state index contributed by atoms with van der Waals surface area (Å²) in [7, 11) is 0. The molecule has 28 nitrogen and oxygen atoms in total. The van der Waals surface area contributed by atoms with E-state index in [1.807, 2.05) is 122 Å². The van der Waals surface area contributed by atoms with Crippen molar-refractivity contribution in [2.45, 2.75) is 163 Å². The molecule has 0 aliphatic heterocycles. The Morgan fingerprint density at radius 2 is 0.736 bits per heavy atom. The van der Waals surface area contributed by atoms with Gasteiger partial charge in [-0.1, -0.05) is 129 Å². The summed E-state index contributed by atoms with van der Waals surface area (Å²) in [6.07, 6.45) is 23.0. The summed E-state index contributed by atoms with van der Waals surface area (Å²) < 4.78 is 41.6. The largest absolute Gasteiger partial charge is 0.464 e. The van der Waals surface area contributed by atoms with Crippen molar-refractivity contribution in [3.05, 3.63) is 223 Å². The number of aromatic amines is 5. The minimum absolute atomic E-state index is 0.357. The lowest BCUT2D eigenvalue weighted by Gasteiger charge is -2.08. The number of nitrogens with zero attached hydrogens (tertiary/aromatic N) is 13. The molecule has 6 aromatic carbocycles. The smallest absolute Gasteiger partial charge is 0.201 e. The summed E-state index contributed by atoms with van der Waals surface area (Å²) in [5.41, 5.74) is 19.4. The van der Waals surface area contributed by atoms with E-state index in [2.05, 4.69) is 218 Å². The van der Waals surface area contributed by atoms with Crippen LogP contribution in [0.2, 0.25) is 0 Å². The fraction of sp³-hybridized carbons (Fsp3) is 0.272. The quantitative estimate of drug-likeness (QED) is 0.0254. The normalized spacial score (nSPS) is 12.8. The van der Waals surface area contributed by atoms with Crippen LogP contribution in [-0.2, 0) is 0 Å². The summed E-state index contributed by atoms with van der Waals surface area (Å²) >= 11 is 0. The number of para-hydroxylation sites is 1. The molecule has 5 atom stereocenters. The molecule has 14 aromatic heterocycles. The molecule has 0 fully saturated rings. The van der Waals surface area contributed by atoms with Crippen LogP contribution in [0.1, 0.15) is 191 Å². The number of halogens is 1. The van der Waals surface area contributed by atoms with Crippen LogP contribution in [0, 0.1) is 5.82 Å². The number of furan rings is 2. The first kappa shape index (κ1) is 80.4. The van der Waals surface area contributed by atoms with E-state index in [4.69, 9.17) is 22.4 Å². The van der Waals surface area contributed by atoms with Gasteiger partial charge >= 0.3 is 0 Å². The van der Waals surface area contributed by atoms with Crippen LogP contribution in [-0.4, -0.2) is 91.4 Å². The second kappa shape index (κ2) is 36.6. The average molecular weight is 1620 g/mol. The van der Waals surface area contributed by atoms with Crippen LogP contribution in [0.4, 0.5) is 61.9 Å². The second-order valence-electron chi connectivity index (χ2n) is 30.7. The number of hydrogen-bond acceptors (Lipinski definition) is 23. The zero-order valence-electron chi connectivity index (χ0n) is 69.1.